The summed E-state index contributed by atoms with van der Waals surface area (Å²) in [5.41, 5.74) is 0.579. The second kappa shape index (κ2) is 11.5. The largest absolute Gasteiger partial charge is 0.345 e. The van der Waals surface area contributed by atoms with Gasteiger partial charge in [0.05, 0.1) is 12.6 Å². The highest BCUT2D eigenvalue weighted by Gasteiger charge is 2.51. The number of nitrogens with one attached hydrogen (secondary N) is 2. The summed E-state index contributed by atoms with van der Waals surface area (Å²) in [6.07, 6.45) is 6.66. The molecule has 2 N–H and O–H groups in total. The van der Waals surface area contributed by atoms with E-state index in [0.29, 0.717) is 30.7 Å². The van der Waals surface area contributed by atoms with Crippen LogP contribution in [0.5, 0.6) is 0 Å². The average molecular weight is 576 g/mol. The Bertz CT molecular complexity index is 1490. The zero-order valence-corrected chi connectivity index (χ0v) is 24.2. The smallest absolute Gasteiger partial charge is 0.275 e. The van der Waals surface area contributed by atoms with Gasteiger partial charge in [0.25, 0.3) is 11.8 Å². The minimum atomic E-state index is -0.896. The predicted octanol–water partition coefficient (Wildman–Crippen LogP) is 5.29. The van der Waals surface area contributed by atoms with Gasteiger partial charge in [-0.05, 0) is 60.4 Å². The van der Waals surface area contributed by atoms with Crippen LogP contribution in [0.2, 0.25) is 0 Å². The van der Waals surface area contributed by atoms with Crippen LogP contribution in [0, 0.1) is 23.0 Å². The van der Waals surface area contributed by atoms with Gasteiger partial charge >= 0.3 is 0 Å². The Balaban J connectivity index is 1.51. The standard InChI is InChI=1S/C31H35F2N7O2/c1-19-6-5-12-31(17-19)35-27(22-14-23(32)16-24(33)15-22)29(42)40(31)25(11-13-30(2,3)4)20-7-9-21(10-8-20)28(41)34-18-26-36-38-39-37-26/h5-10,14-16,19,25H,11-13,17-18H2,1-4H3,(H,34,41)(H,36,37,38,39)/t19?,25-,31?/m1/s1. The van der Waals surface area contributed by atoms with Crippen LogP contribution < -0.4 is 5.32 Å². The van der Waals surface area contributed by atoms with Crippen LogP contribution in [0.3, 0.4) is 0 Å². The van der Waals surface area contributed by atoms with Crippen molar-refractivity contribution >= 4 is 17.5 Å². The van der Waals surface area contributed by atoms with Gasteiger partial charge in [0.1, 0.15) is 23.0 Å². The molecule has 42 heavy (non-hydrogen) atoms. The summed E-state index contributed by atoms with van der Waals surface area (Å²) >= 11 is 0. The van der Waals surface area contributed by atoms with Crippen molar-refractivity contribution in [3.05, 3.63) is 88.8 Å². The number of nitrogens with zero attached hydrogens (tertiary/aromatic N) is 5. The SMILES string of the molecule is CC1C=CCC2(C1)N=C(c1cc(F)cc(F)c1)C(=O)N2[C@H](CCC(C)(C)C)c1ccc(C(=O)NCc2nn[nH]n2)cc1. The number of aliphatic imine (C=N–C) groups is 1. The highest BCUT2D eigenvalue weighted by molar-refractivity contribution is 6.46. The van der Waals surface area contributed by atoms with Crippen molar-refractivity contribution in [2.24, 2.45) is 16.3 Å². The Hall–Kier alpha value is -4.28. The summed E-state index contributed by atoms with van der Waals surface area (Å²) < 4.78 is 28.5. The molecule has 1 aromatic heterocycles. The normalized spacial score (nSPS) is 21.1. The molecule has 1 spiro atoms. The number of rotatable bonds is 8. The summed E-state index contributed by atoms with van der Waals surface area (Å²) in [4.78, 5) is 33.8. The summed E-state index contributed by atoms with van der Waals surface area (Å²) in [5.74, 6) is -1.66. The molecule has 2 amide bonds. The number of amides is 2. The maximum absolute atomic E-state index is 14.3. The summed E-state index contributed by atoms with van der Waals surface area (Å²) in [7, 11) is 0. The fourth-order valence-corrected chi connectivity index (χ4v) is 5.76. The molecule has 0 saturated carbocycles. The molecule has 11 heteroatoms. The third-order valence-electron chi connectivity index (χ3n) is 7.72. The highest BCUT2D eigenvalue weighted by atomic mass is 19.1. The van der Waals surface area contributed by atoms with Crippen molar-refractivity contribution in [2.45, 2.75) is 71.6 Å². The number of hydrogen-bond donors (Lipinski definition) is 2. The van der Waals surface area contributed by atoms with E-state index in [4.69, 9.17) is 4.99 Å². The molecule has 1 aliphatic carbocycles. The van der Waals surface area contributed by atoms with Gasteiger partial charge in [-0.2, -0.15) is 5.21 Å². The fourth-order valence-electron chi connectivity index (χ4n) is 5.76. The quantitative estimate of drug-likeness (QED) is 0.354. The monoisotopic (exact) mass is 575 g/mol. The third-order valence-corrected chi connectivity index (χ3v) is 7.72. The Morgan fingerprint density at radius 2 is 1.88 bits per heavy atom. The van der Waals surface area contributed by atoms with Gasteiger partial charge in [0.2, 0.25) is 0 Å². The van der Waals surface area contributed by atoms with Crippen LogP contribution in [0.1, 0.15) is 86.7 Å². The molecule has 2 aromatic carbocycles. The van der Waals surface area contributed by atoms with Gasteiger partial charge in [0.15, 0.2) is 5.82 Å². The highest BCUT2D eigenvalue weighted by Crippen LogP contribution is 2.46. The van der Waals surface area contributed by atoms with Crippen molar-refractivity contribution < 1.29 is 18.4 Å². The number of tetrazole rings is 1. The summed E-state index contributed by atoms with van der Waals surface area (Å²) in [6, 6.07) is 9.90. The lowest BCUT2D eigenvalue weighted by Gasteiger charge is -2.44. The van der Waals surface area contributed by atoms with E-state index in [1.807, 2.05) is 23.1 Å². The fraction of sp³-hybridized carbons (Fsp3) is 0.419. The van der Waals surface area contributed by atoms with E-state index in [-0.39, 0.29) is 47.0 Å². The number of H-pyrrole nitrogens is 1. The molecule has 0 fully saturated rings. The Labute approximate surface area is 243 Å². The van der Waals surface area contributed by atoms with Crippen molar-refractivity contribution in [3.8, 4) is 0 Å². The maximum Gasteiger partial charge on any atom is 0.275 e. The molecule has 5 rings (SSSR count). The van der Waals surface area contributed by atoms with Gasteiger partial charge < -0.3 is 10.2 Å². The molecular weight excluding hydrogens is 540 g/mol. The molecule has 2 unspecified atom stereocenters. The lowest BCUT2D eigenvalue weighted by Crippen LogP contribution is -2.50. The van der Waals surface area contributed by atoms with Crippen LogP contribution in [0.4, 0.5) is 8.78 Å². The van der Waals surface area contributed by atoms with E-state index >= 15 is 0 Å². The predicted molar refractivity (Wildman–Crippen MR) is 153 cm³/mol. The Morgan fingerprint density at radius 1 is 1.17 bits per heavy atom. The van der Waals surface area contributed by atoms with Crippen LogP contribution >= 0.6 is 0 Å². The van der Waals surface area contributed by atoms with E-state index in [9.17, 15) is 18.4 Å². The summed E-state index contributed by atoms with van der Waals surface area (Å²) in [5, 5.41) is 16.3. The van der Waals surface area contributed by atoms with Crippen LogP contribution in [0.25, 0.3) is 0 Å². The first-order valence-corrected chi connectivity index (χ1v) is 14.1. The molecule has 3 aromatic rings. The number of halogens is 2. The minimum Gasteiger partial charge on any atom is -0.345 e. The number of aromatic amines is 1. The molecule has 220 valence electrons. The second-order valence-corrected chi connectivity index (χ2v) is 12.3. The number of hydrogen-bond acceptors (Lipinski definition) is 6. The van der Waals surface area contributed by atoms with E-state index in [1.54, 1.807) is 12.1 Å². The number of allylic oxidation sites excluding steroid dienone is 1. The molecule has 1 aliphatic heterocycles. The maximum atomic E-state index is 14.3. The Morgan fingerprint density at radius 3 is 2.50 bits per heavy atom. The number of benzene rings is 2. The first-order valence-electron chi connectivity index (χ1n) is 14.1. The number of carbonyl (C=O) groups is 2. The second-order valence-electron chi connectivity index (χ2n) is 12.3. The van der Waals surface area contributed by atoms with E-state index in [1.165, 1.54) is 0 Å². The third kappa shape index (κ3) is 6.29. The molecule has 2 aliphatic rings. The van der Waals surface area contributed by atoms with Gasteiger partial charge in [-0.25, -0.2) is 8.78 Å². The van der Waals surface area contributed by atoms with Gasteiger partial charge in [0, 0.05) is 23.6 Å². The molecular formula is C31H35F2N7O2. The molecule has 0 saturated heterocycles. The van der Waals surface area contributed by atoms with Crippen molar-refractivity contribution in [2.75, 3.05) is 0 Å². The first kappa shape index (κ1) is 29.2. The summed E-state index contributed by atoms with van der Waals surface area (Å²) in [6.45, 7) is 8.63. The van der Waals surface area contributed by atoms with Gasteiger partial charge in [-0.3, -0.25) is 14.6 Å². The van der Waals surface area contributed by atoms with Crippen LogP contribution in [0.15, 0.2) is 59.6 Å². The van der Waals surface area contributed by atoms with E-state index in [0.717, 1.165) is 30.2 Å². The molecule has 0 radical (unpaired) electrons. The van der Waals surface area contributed by atoms with E-state index < -0.39 is 17.3 Å². The first-order chi connectivity index (χ1) is 19.9. The molecule has 9 nitrogen and oxygen atoms in total. The van der Waals surface area contributed by atoms with Gasteiger partial charge in [-0.15, -0.1) is 10.2 Å². The topological polar surface area (TPSA) is 116 Å². The molecule has 3 atom stereocenters. The van der Waals surface area contributed by atoms with Crippen LogP contribution in [-0.2, 0) is 11.3 Å². The van der Waals surface area contributed by atoms with Crippen molar-refractivity contribution in [3.63, 3.8) is 0 Å². The van der Waals surface area contributed by atoms with E-state index in [2.05, 4.69) is 59.7 Å². The Kier molecular flexibility index (Phi) is 8.03. The number of carbonyl (C=O) groups excluding carboxylic acids is 2. The van der Waals surface area contributed by atoms with Crippen molar-refractivity contribution in [1.29, 1.82) is 0 Å². The zero-order chi connectivity index (χ0) is 30.1. The van der Waals surface area contributed by atoms with Crippen LogP contribution in [-0.4, -0.2) is 48.7 Å². The number of aromatic nitrogens is 4. The lowest BCUT2D eigenvalue weighted by molar-refractivity contribution is -0.132. The average Bonchev–Trinajstić information content (AvgIpc) is 3.54. The molecule has 0 bridgehead atoms. The van der Waals surface area contributed by atoms with Gasteiger partial charge in [-0.1, -0.05) is 57.2 Å². The zero-order valence-electron chi connectivity index (χ0n) is 24.2. The molecule has 2 heterocycles. The van der Waals surface area contributed by atoms with Crippen molar-refractivity contribution in [1.82, 2.24) is 30.8 Å². The lowest BCUT2D eigenvalue weighted by atomic mass is 9.82. The minimum absolute atomic E-state index is 0.0156.